The predicted octanol–water partition coefficient (Wildman–Crippen LogP) is 0.101. The third-order valence-electron chi connectivity index (χ3n) is 2.72. The normalized spacial score (nSPS) is 34.2. The zero-order chi connectivity index (χ0) is 9.19. The number of nitrogens with two attached hydrogens (primary N) is 1. The molecule has 66 valence electrons. The van der Waals surface area contributed by atoms with Crippen molar-refractivity contribution in [2.45, 2.75) is 32.2 Å². The number of nitrogens with one attached hydrogen (secondary N) is 1. The van der Waals surface area contributed by atoms with Crippen LogP contribution < -0.4 is 11.1 Å². The fourth-order valence-electron chi connectivity index (χ4n) is 1.67. The zero-order valence-corrected chi connectivity index (χ0v) is 7.13. The van der Waals surface area contributed by atoms with E-state index in [9.17, 15) is 4.79 Å². The van der Waals surface area contributed by atoms with Crippen molar-refractivity contribution in [1.29, 1.82) is 5.26 Å². The molecule has 1 amide bonds. The molecule has 1 aliphatic carbocycles. The first-order valence-electron chi connectivity index (χ1n) is 4.06. The molecule has 0 radical (unpaired) electrons. The fourth-order valence-corrected chi connectivity index (χ4v) is 1.67. The number of carbonyl (C=O) groups excluding carboxylic acids is 1. The standard InChI is InChI=1S/C8H13N3O/c1-8(7(12)11-5-9)4-2-3-6(8)10/h6H,2-4,10H2,1H3,(H,11,12). The van der Waals surface area contributed by atoms with Crippen LogP contribution in [-0.2, 0) is 4.79 Å². The van der Waals surface area contributed by atoms with Gasteiger partial charge in [-0.3, -0.25) is 10.1 Å². The molecule has 0 aromatic rings. The summed E-state index contributed by atoms with van der Waals surface area (Å²) in [7, 11) is 0. The van der Waals surface area contributed by atoms with E-state index in [1.165, 1.54) is 0 Å². The number of hydrogen-bond acceptors (Lipinski definition) is 3. The summed E-state index contributed by atoms with van der Waals surface area (Å²) in [4.78, 5) is 11.4. The molecule has 2 atom stereocenters. The van der Waals surface area contributed by atoms with Crippen LogP contribution >= 0.6 is 0 Å². The lowest BCUT2D eigenvalue weighted by atomic mass is 9.84. The van der Waals surface area contributed by atoms with Gasteiger partial charge in [-0.05, 0) is 19.8 Å². The quantitative estimate of drug-likeness (QED) is 0.429. The molecule has 0 saturated heterocycles. The lowest BCUT2D eigenvalue weighted by molar-refractivity contribution is -0.129. The van der Waals surface area contributed by atoms with Gasteiger partial charge in [0, 0.05) is 6.04 Å². The van der Waals surface area contributed by atoms with Gasteiger partial charge in [-0.15, -0.1) is 0 Å². The Balaban J connectivity index is 2.71. The molecule has 3 N–H and O–H groups in total. The maximum atomic E-state index is 11.4. The van der Waals surface area contributed by atoms with Crippen molar-refractivity contribution in [2.75, 3.05) is 0 Å². The van der Waals surface area contributed by atoms with E-state index in [-0.39, 0.29) is 11.9 Å². The van der Waals surface area contributed by atoms with Gasteiger partial charge in [0.25, 0.3) is 0 Å². The summed E-state index contributed by atoms with van der Waals surface area (Å²) in [6, 6.07) is -0.106. The van der Waals surface area contributed by atoms with Crippen LogP contribution in [0.5, 0.6) is 0 Å². The maximum absolute atomic E-state index is 11.4. The first-order valence-corrected chi connectivity index (χ1v) is 4.06. The van der Waals surface area contributed by atoms with Crippen molar-refractivity contribution in [3.63, 3.8) is 0 Å². The third-order valence-corrected chi connectivity index (χ3v) is 2.72. The summed E-state index contributed by atoms with van der Waals surface area (Å²) in [6.45, 7) is 1.82. The second kappa shape index (κ2) is 3.11. The summed E-state index contributed by atoms with van der Waals surface area (Å²) >= 11 is 0. The van der Waals surface area contributed by atoms with Gasteiger partial charge in [-0.1, -0.05) is 6.42 Å². The van der Waals surface area contributed by atoms with E-state index in [2.05, 4.69) is 5.32 Å². The molecule has 4 nitrogen and oxygen atoms in total. The highest BCUT2D eigenvalue weighted by molar-refractivity contribution is 5.84. The van der Waals surface area contributed by atoms with Gasteiger partial charge in [-0.25, -0.2) is 0 Å². The molecule has 0 bridgehead atoms. The summed E-state index contributed by atoms with van der Waals surface area (Å²) in [5.74, 6) is -0.241. The smallest absolute Gasteiger partial charge is 0.240 e. The lowest BCUT2D eigenvalue weighted by Gasteiger charge is -2.25. The first kappa shape index (κ1) is 9.01. The minimum atomic E-state index is -0.532. The summed E-state index contributed by atoms with van der Waals surface area (Å²) < 4.78 is 0. The maximum Gasteiger partial charge on any atom is 0.240 e. The molecule has 0 aromatic heterocycles. The molecule has 0 spiro atoms. The minimum absolute atomic E-state index is 0.106. The zero-order valence-electron chi connectivity index (χ0n) is 7.13. The van der Waals surface area contributed by atoms with Crippen molar-refractivity contribution >= 4 is 5.91 Å². The lowest BCUT2D eigenvalue weighted by Crippen LogP contribution is -2.46. The Kier molecular flexibility index (Phi) is 2.34. The van der Waals surface area contributed by atoms with E-state index in [0.717, 1.165) is 19.3 Å². The topological polar surface area (TPSA) is 78.9 Å². The Labute approximate surface area is 71.7 Å². The molecule has 1 rings (SSSR count). The van der Waals surface area contributed by atoms with Crippen LogP contribution in [0.25, 0.3) is 0 Å². The van der Waals surface area contributed by atoms with Gasteiger partial charge in [0.1, 0.15) is 0 Å². The molecule has 0 aromatic carbocycles. The monoisotopic (exact) mass is 167 g/mol. The highest BCUT2D eigenvalue weighted by atomic mass is 16.2. The highest BCUT2D eigenvalue weighted by Gasteiger charge is 2.42. The van der Waals surface area contributed by atoms with Crippen LogP contribution in [-0.4, -0.2) is 11.9 Å². The summed E-state index contributed by atoms with van der Waals surface area (Å²) in [5, 5.41) is 10.4. The van der Waals surface area contributed by atoms with E-state index in [1.807, 2.05) is 6.92 Å². The van der Waals surface area contributed by atoms with E-state index in [1.54, 1.807) is 6.19 Å². The second-order valence-corrected chi connectivity index (χ2v) is 3.48. The predicted molar refractivity (Wildman–Crippen MR) is 43.7 cm³/mol. The third kappa shape index (κ3) is 1.28. The van der Waals surface area contributed by atoms with Crippen LogP contribution in [0.4, 0.5) is 0 Å². The average molecular weight is 167 g/mol. The molecule has 1 fully saturated rings. The molecule has 2 unspecified atom stereocenters. The van der Waals surface area contributed by atoms with Crippen molar-refractivity contribution in [1.82, 2.24) is 5.32 Å². The van der Waals surface area contributed by atoms with Crippen LogP contribution in [0.15, 0.2) is 0 Å². The Morgan fingerprint density at radius 1 is 1.83 bits per heavy atom. The molecule has 1 saturated carbocycles. The van der Waals surface area contributed by atoms with E-state index in [4.69, 9.17) is 11.0 Å². The molecular weight excluding hydrogens is 154 g/mol. The molecular formula is C8H13N3O. The van der Waals surface area contributed by atoms with Crippen molar-refractivity contribution < 1.29 is 4.79 Å². The van der Waals surface area contributed by atoms with E-state index in [0.29, 0.717) is 0 Å². The molecule has 4 heteroatoms. The largest absolute Gasteiger partial charge is 0.327 e. The number of rotatable bonds is 1. The summed E-state index contributed by atoms with van der Waals surface area (Å²) in [5.41, 5.74) is 5.24. The van der Waals surface area contributed by atoms with Gasteiger partial charge >= 0.3 is 0 Å². The molecule has 0 heterocycles. The number of carbonyl (C=O) groups is 1. The number of hydrogen-bond donors (Lipinski definition) is 2. The Morgan fingerprint density at radius 2 is 2.50 bits per heavy atom. The van der Waals surface area contributed by atoms with Crippen molar-refractivity contribution in [3.05, 3.63) is 0 Å². The van der Waals surface area contributed by atoms with E-state index < -0.39 is 5.41 Å². The number of nitriles is 1. The van der Waals surface area contributed by atoms with Gasteiger partial charge in [0.2, 0.25) is 5.91 Å². The Hall–Kier alpha value is -1.08. The van der Waals surface area contributed by atoms with Crippen molar-refractivity contribution in [2.24, 2.45) is 11.1 Å². The van der Waals surface area contributed by atoms with Crippen LogP contribution in [0.3, 0.4) is 0 Å². The molecule has 12 heavy (non-hydrogen) atoms. The Morgan fingerprint density at radius 3 is 2.92 bits per heavy atom. The van der Waals surface area contributed by atoms with E-state index >= 15 is 0 Å². The molecule has 0 aliphatic heterocycles. The molecule has 1 aliphatic rings. The highest BCUT2D eigenvalue weighted by Crippen LogP contribution is 2.36. The van der Waals surface area contributed by atoms with Crippen molar-refractivity contribution in [3.8, 4) is 6.19 Å². The first-order chi connectivity index (χ1) is 5.61. The van der Waals surface area contributed by atoms with Gasteiger partial charge in [0.15, 0.2) is 6.19 Å². The van der Waals surface area contributed by atoms with Crippen LogP contribution in [0.2, 0.25) is 0 Å². The minimum Gasteiger partial charge on any atom is -0.327 e. The number of amides is 1. The Bertz CT molecular complexity index is 233. The average Bonchev–Trinajstić information content (AvgIpc) is 2.34. The van der Waals surface area contributed by atoms with Crippen LogP contribution in [0.1, 0.15) is 26.2 Å². The van der Waals surface area contributed by atoms with Gasteiger partial charge < -0.3 is 5.73 Å². The second-order valence-electron chi connectivity index (χ2n) is 3.48. The van der Waals surface area contributed by atoms with Gasteiger partial charge in [0.05, 0.1) is 5.41 Å². The SMILES string of the molecule is CC1(C(=O)NC#N)CCCC1N. The fraction of sp³-hybridized carbons (Fsp3) is 0.750. The van der Waals surface area contributed by atoms with Gasteiger partial charge in [-0.2, -0.15) is 5.26 Å². The van der Waals surface area contributed by atoms with Crippen LogP contribution in [0, 0.1) is 16.9 Å². The number of nitrogens with zero attached hydrogens (tertiary/aromatic N) is 1. The summed E-state index contributed by atoms with van der Waals surface area (Å²) in [6.07, 6.45) is 4.25.